The van der Waals surface area contributed by atoms with Crippen molar-refractivity contribution < 1.29 is 9.59 Å². The van der Waals surface area contributed by atoms with Crippen molar-refractivity contribution in [3.8, 4) is 0 Å². The Balaban J connectivity index is 1.87. The Morgan fingerprint density at radius 1 is 1.32 bits per heavy atom. The van der Waals surface area contributed by atoms with Crippen LogP contribution in [-0.2, 0) is 16.6 Å². The van der Waals surface area contributed by atoms with E-state index in [9.17, 15) is 9.59 Å². The van der Waals surface area contributed by atoms with Gasteiger partial charge in [-0.3, -0.25) is 9.59 Å². The van der Waals surface area contributed by atoms with Crippen LogP contribution in [0.25, 0.3) is 0 Å². The van der Waals surface area contributed by atoms with Crippen LogP contribution in [0, 0.1) is 0 Å². The molecule has 2 amide bonds. The molecule has 1 fully saturated rings. The first kappa shape index (κ1) is 15.3. The molecule has 1 saturated heterocycles. The van der Waals surface area contributed by atoms with Crippen LogP contribution in [0.1, 0.15) is 6.42 Å². The smallest absolute Gasteiger partial charge is 0.247 e. The molecular formula is C12H9Cl2N5O2S. The van der Waals surface area contributed by atoms with Crippen molar-refractivity contribution in [2.75, 3.05) is 4.90 Å². The van der Waals surface area contributed by atoms with Gasteiger partial charge in [0.05, 0.1) is 10.7 Å². The SMILES string of the molecule is Cn1nnnc1S[C@H]1CC(=O)N(c2ccc(Cl)cc2Cl)C1=O. The first-order valence-corrected chi connectivity index (χ1v) is 7.82. The maximum atomic E-state index is 12.5. The summed E-state index contributed by atoms with van der Waals surface area (Å²) in [5.74, 6) is -0.663. The molecule has 2 aromatic rings. The lowest BCUT2D eigenvalue weighted by atomic mass is 10.3. The maximum absolute atomic E-state index is 12.5. The van der Waals surface area contributed by atoms with E-state index in [0.717, 1.165) is 16.7 Å². The number of thioether (sulfide) groups is 1. The zero-order chi connectivity index (χ0) is 15.9. The van der Waals surface area contributed by atoms with Crippen LogP contribution in [0.3, 0.4) is 0 Å². The summed E-state index contributed by atoms with van der Waals surface area (Å²) in [4.78, 5) is 25.8. The lowest BCUT2D eigenvalue weighted by Crippen LogP contribution is -2.31. The van der Waals surface area contributed by atoms with Crippen molar-refractivity contribution in [3.05, 3.63) is 28.2 Å². The number of rotatable bonds is 3. The number of benzene rings is 1. The maximum Gasteiger partial charge on any atom is 0.247 e. The molecule has 10 heteroatoms. The van der Waals surface area contributed by atoms with E-state index >= 15 is 0 Å². The number of hydrogen-bond acceptors (Lipinski definition) is 6. The van der Waals surface area contributed by atoms with Gasteiger partial charge in [0, 0.05) is 18.5 Å². The molecule has 1 atom stereocenters. The second-order valence-electron chi connectivity index (χ2n) is 4.56. The molecule has 0 N–H and O–H groups in total. The minimum atomic E-state index is -0.580. The van der Waals surface area contributed by atoms with Crippen LogP contribution < -0.4 is 4.90 Å². The van der Waals surface area contributed by atoms with E-state index in [1.54, 1.807) is 19.2 Å². The van der Waals surface area contributed by atoms with E-state index in [4.69, 9.17) is 23.2 Å². The topological polar surface area (TPSA) is 81.0 Å². The number of carbonyl (C=O) groups is 2. The van der Waals surface area contributed by atoms with Crippen LogP contribution in [0.2, 0.25) is 10.0 Å². The largest absolute Gasteiger partial charge is 0.274 e. The van der Waals surface area contributed by atoms with Gasteiger partial charge < -0.3 is 0 Å². The Bertz CT molecular complexity index is 766. The fourth-order valence-corrected chi connectivity index (χ4v) is 3.51. The van der Waals surface area contributed by atoms with Gasteiger partial charge in [0.15, 0.2) is 0 Å². The third-order valence-corrected chi connectivity index (χ3v) is 4.83. The number of carbonyl (C=O) groups excluding carboxylic acids is 2. The first-order chi connectivity index (χ1) is 10.5. The first-order valence-electron chi connectivity index (χ1n) is 6.18. The molecule has 0 bridgehead atoms. The number of anilines is 1. The highest BCUT2D eigenvalue weighted by molar-refractivity contribution is 8.00. The molecular weight excluding hydrogens is 349 g/mol. The lowest BCUT2D eigenvalue weighted by molar-refractivity contribution is -0.121. The van der Waals surface area contributed by atoms with Gasteiger partial charge in [0.1, 0.15) is 5.25 Å². The van der Waals surface area contributed by atoms with Gasteiger partial charge in [-0.25, -0.2) is 9.58 Å². The average molecular weight is 358 g/mol. The summed E-state index contributed by atoms with van der Waals surface area (Å²) in [6.45, 7) is 0. The summed E-state index contributed by atoms with van der Waals surface area (Å²) in [6.07, 6.45) is 0.0648. The van der Waals surface area contributed by atoms with E-state index in [0.29, 0.717) is 15.9 Å². The molecule has 22 heavy (non-hydrogen) atoms. The van der Waals surface area contributed by atoms with Gasteiger partial charge >= 0.3 is 0 Å². The number of halogens is 2. The van der Waals surface area contributed by atoms with Gasteiger partial charge in [-0.15, -0.1) is 5.10 Å². The summed E-state index contributed by atoms with van der Waals surface area (Å²) in [5, 5.41) is 11.6. The second kappa shape index (κ2) is 5.86. The monoisotopic (exact) mass is 357 g/mol. The zero-order valence-electron chi connectivity index (χ0n) is 11.2. The molecule has 2 heterocycles. The molecule has 0 saturated carbocycles. The number of tetrazole rings is 1. The van der Waals surface area contributed by atoms with E-state index < -0.39 is 5.25 Å². The van der Waals surface area contributed by atoms with Crippen LogP contribution >= 0.6 is 35.0 Å². The number of aryl methyl sites for hydroxylation is 1. The van der Waals surface area contributed by atoms with Crippen molar-refractivity contribution in [3.63, 3.8) is 0 Å². The van der Waals surface area contributed by atoms with Gasteiger partial charge in [0.2, 0.25) is 17.0 Å². The normalized spacial score (nSPS) is 18.3. The number of imide groups is 1. The van der Waals surface area contributed by atoms with Gasteiger partial charge in [-0.2, -0.15) is 0 Å². The Hall–Kier alpha value is -1.64. The molecule has 1 aliphatic rings. The average Bonchev–Trinajstić information content (AvgIpc) is 2.97. The van der Waals surface area contributed by atoms with Gasteiger partial charge in [0.25, 0.3) is 0 Å². The van der Waals surface area contributed by atoms with Crippen molar-refractivity contribution >= 4 is 52.5 Å². The minimum absolute atomic E-state index is 0.0648. The van der Waals surface area contributed by atoms with E-state index in [-0.39, 0.29) is 23.3 Å². The molecule has 114 valence electrons. The third kappa shape index (κ3) is 2.69. The van der Waals surface area contributed by atoms with E-state index in [1.807, 2.05) is 0 Å². The van der Waals surface area contributed by atoms with Crippen LogP contribution in [0.15, 0.2) is 23.4 Å². The fraction of sp³-hybridized carbons (Fsp3) is 0.250. The summed E-state index contributed by atoms with van der Waals surface area (Å²) in [6, 6.07) is 4.62. The Labute approximate surface area is 139 Å². The van der Waals surface area contributed by atoms with Crippen molar-refractivity contribution in [2.24, 2.45) is 7.05 Å². The van der Waals surface area contributed by atoms with Gasteiger partial charge in [-0.05, 0) is 28.6 Å². The summed E-state index contributed by atoms with van der Waals surface area (Å²) in [7, 11) is 1.66. The Morgan fingerprint density at radius 2 is 2.09 bits per heavy atom. The van der Waals surface area contributed by atoms with Crippen molar-refractivity contribution in [2.45, 2.75) is 16.8 Å². The van der Waals surface area contributed by atoms with E-state index in [1.165, 1.54) is 10.7 Å². The molecule has 7 nitrogen and oxygen atoms in total. The molecule has 0 unspecified atom stereocenters. The molecule has 3 rings (SSSR count). The summed E-state index contributed by atoms with van der Waals surface area (Å²) < 4.78 is 1.44. The molecule has 0 spiro atoms. The minimum Gasteiger partial charge on any atom is -0.274 e. The summed E-state index contributed by atoms with van der Waals surface area (Å²) >= 11 is 13.1. The Morgan fingerprint density at radius 3 is 2.73 bits per heavy atom. The molecule has 1 aromatic heterocycles. The highest BCUT2D eigenvalue weighted by atomic mass is 35.5. The molecule has 0 radical (unpaired) electrons. The summed E-state index contributed by atoms with van der Waals surface area (Å²) in [5.41, 5.74) is 0.334. The van der Waals surface area contributed by atoms with Crippen LogP contribution in [0.4, 0.5) is 5.69 Å². The molecule has 1 aliphatic heterocycles. The standard InChI is InChI=1S/C12H9Cl2N5O2S/c1-18-12(15-16-17-18)22-9-5-10(20)19(11(9)21)8-3-2-6(13)4-7(8)14/h2-4,9H,5H2,1H3/t9-/m0/s1. The molecule has 0 aliphatic carbocycles. The zero-order valence-corrected chi connectivity index (χ0v) is 13.6. The quantitative estimate of drug-likeness (QED) is 0.780. The van der Waals surface area contributed by atoms with Gasteiger partial charge in [-0.1, -0.05) is 35.0 Å². The molecule has 1 aromatic carbocycles. The van der Waals surface area contributed by atoms with Crippen LogP contribution in [-0.4, -0.2) is 37.3 Å². The Kier molecular flexibility index (Phi) is 4.07. The number of hydrogen-bond donors (Lipinski definition) is 0. The van der Waals surface area contributed by atoms with Crippen molar-refractivity contribution in [1.29, 1.82) is 0 Å². The predicted molar refractivity (Wildman–Crippen MR) is 82.0 cm³/mol. The number of amides is 2. The second-order valence-corrected chi connectivity index (χ2v) is 6.57. The predicted octanol–water partition coefficient (Wildman–Crippen LogP) is 1.94. The highest BCUT2D eigenvalue weighted by Gasteiger charge is 2.41. The van der Waals surface area contributed by atoms with Crippen molar-refractivity contribution in [1.82, 2.24) is 20.2 Å². The third-order valence-electron chi connectivity index (χ3n) is 3.08. The van der Waals surface area contributed by atoms with E-state index in [2.05, 4.69) is 15.5 Å². The lowest BCUT2D eigenvalue weighted by Gasteiger charge is -2.16. The number of aromatic nitrogens is 4. The fourth-order valence-electron chi connectivity index (χ4n) is 2.06. The highest BCUT2D eigenvalue weighted by Crippen LogP contribution is 2.36. The van der Waals surface area contributed by atoms with Crippen LogP contribution in [0.5, 0.6) is 0 Å². The number of nitrogens with zero attached hydrogens (tertiary/aromatic N) is 5.